The predicted molar refractivity (Wildman–Crippen MR) is 119 cm³/mol. The van der Waals surface area contributed by atoms with Crippen molar-refractivity contribution in [2.45, 2.75) is 36.7 Å². The lowest BCUT2D eigenvalue weighted by molar-refractivity contribution is -0.158. The van der Waals surface area contributed by atoms with Gasteiger partial charge in [0.25, 0.3) is 21.8 Å². The average molecular weight is 488 g/mol. The molecule has 1 fully saturated rings. The van der Waals surface area contributed by atoms with Gasteiger partial charge in [-0.15, -0.1) is 0 Å². The van der Waals surface area contributed by atoms with Gasteiger partial charge in [0.1, 0.15) is 11.7 Å². The standard InChI is InChI=1S/C23H22FN3O6S/c24-16-10-8-15(9-11-16)22(29)27-14-4-3-6-18(23(27)30)33-20(28)12-13-25-21-17-5-1-2-7-19(17)34(31,32)26-21/h1-2,5,7-11,18H,3-4,6,12-14H2,(H,25,26). The Hall–Kier alpha value is -3.60. The third-order valence-corrected chi connectivity index (χ3v) is 6.90. The summed E-state index contributed by atoms with van der Waals surface area (Å²) < 4.78 is 45.1. The Morgan fingerprint density at radius 2 is 1.85 bits per heavy atom. The van der Waals surface area contributed by atoms with Crippen LogP contribution in [0.4, 0.5) is 4.39 Å². The molecule has 4 rings (SSSR count). The number of amidine groups is 1. The van der Waals surface area contributed by atoms with Crippen molar-refractivity contribution in [3.8, 4) is 0 Å². The minimum atomic E-state index is -3.68. The number of benzene rings is 2. The van der Waals surface area contributed by atoms with Crippen LogP contribution in [-0.2, 0) is 24.3 Å². The summed E-state index contributed by atoms with van der Waals surface area (Å²) in [4.78, 5) is 43.3. The number of carbonyl (C=O) groups excluding carboxylic acids is 3. The molecule has 2 heterocycles. The van der Waals surface area contributed by atoms with Crippen LogP contribution in [0, 0.1) is 5.82 Å². The van der Waals surface area contributed by atoms with Gasteiger partial charge in [0, 0.05) is 17.7 Å². The van der Waals surface area contributed by atoms with Crippen molar-refractivity contribution in [3.63, 3.8) is 0 Å². The van der Waals surface area contributed by atoms with Crippen molar-refractivity contribution < 1.29 is 31.9 Å². The quantitative estimate of drug-likeness (QED) is 0.509. The number of nitrogens with zero attached hydrogens (tertiary/aromatic N) is 2. The lowest BCUT2D eigenvalue weighted by Crippen LogP contribution is -2.43. The summed E-state index contributed by atoms with van der Waals surface area (Å²) in [5.74, 6) is -2.24. The van der Waals surface area contributed by atoms with Gasteiger partial charge in [0.15, 0.2) is 6.10 Å². The average Bonchev–Trinajstić information content (AvgIpc) is 2.94. The Labute approximate surface area is 195 Å². The molecule has 178 valence electrons. The predicted octanol–water partition coefficient (Wildman–Crippen LogP) is 2.02. The zero-order valence-corrected chi connectivity index (χ0v) is 18.9. The Morgan fingerprint density at radius 3 is 2.62 bits per heavy atom. The van der Waals surface area contributed by atoms with Crippen LogP contribution < -0.4 is 4.72 Å². The zero-order chi connectivity index (χ0) is 24.3. The molecule has 11 heteroatoms. The molecule has 9 nitrogen and oxygen atoms in total. The molecule has 1 atom stereocenters. The number of imide groups is 1. The first-order valence-electron chi connectivity index (χ1n) is 10.7. The Bertz CT molecular complexity index is 1260. The van der Waals surface area contributed by atoms with E-state index in [1.54, 1.807) is 18.2 Å². The van der Waals surface area contributed by atoms with Crippen LogP contribution in [0.3, 0.4) is 0 Å². The number of sulfonamides is 1. The van der Waals surface area contributed by atoms with Gasteiger partial charge in [-0.25, -0.2) is 12.8 Å². The lowest BCUT2D eigenvalue weighted by atomic mass is 10.1. The van der Waals surface area contributed by atoms with Crippen LogP contribution in [0.25, 0.3) is 0 Å². The normalized spacial score (nSPS) is 20.4. The van der Waals surface area contributed by atoms with Gasteiger partial charge in [0.05, 0.1) is 17.9 Å². The molecule has 0 radical (unpaired) electrons. The number of esters is 1. The highest BCUT2D eigenvalue weighted by atomic mass is 32.2. The first-order valence-corrected chi connectivity index (χ1v) is 12.2. The highest BCUT2D eigenvalue weighted by Gasteiger charge is 2.34. The van der Waals surface area contributed by atoms with Gasteiger partial charge in [0.2, 0.25) is 0 Å². The Morgan fingerprint density at radius 1 is 1.12 bits per heavy atom. The van der Waals surface area contributed by atoms with E-state index < -0.39 is 39.7 Å². The van der Waals surface area contributed by atoms with Crippen molar-refractivity contribution in [1.29, 1.82) is 0 Å². The highest BCUT2D eigenvalue weighted by Crippen LogP contribution is 2.22. The van der Waals surface area contributed by atoms with E-state index in [1.807, 2.05) is 0 Å². The Balaban J connectivity index is 1.38. The molecule has 0 aliphatic carbocycles. The second kappa shape index (κ2) is 9.72. The van der Waals surface area contributed by atoms with Gasteiger partial charge in [-0.2, -0.15) is 0 Å². The van der Waals surface area contributed by atoms with Crippen molar-refractivity contribution in [1.82, 2.24) is 9.62 Å². The van der Waals surface area contributed by atoms with Crippen LogP contribution in [0.2, 0.25) is 0 Å². The van der Waals surface area contributed by atoms with Crippen molar-refractivity contribution in [2.75, 3.05) is 13.1 Å². The zero-order valence-electron chi connectivity index (χ0n) is 18.1. The molecule has 1 saturated heterocycles. The molecular weight excluding hydrogens is 465 g/mol. The van der Waals surface area contributed by atoms with E-state index in [-0.39, 0.29) is 42.2 Å². The van der Waals surface area contributed by atoms with Crippen LogP contribution in [0.5, 0.6) is 0 Å². The number of likely N-dealkylation sites (tertiary alicyclic amines) is 1. The molecule has 1 unspecified atom stereocenters. The number of rotatable bonds is 5. The minimum absolute atomic E-state index is 0.0514. The molecule has 0 spiro atoms. The summed E-state index contributed by atoms with van der Waals surface area (Å²) in [7, 11) is -3.68. The monoisotopic (exact) mass is 487 g/mol. The van der Waals surface area contributed by atoms with Crippen molar-refractivity contribution >= 4 is 33.6 Å². The van der Waals surface area contributed by atoms with Crippen LogP contribution in [-0.4, -0.2) is 56.1 Å². The van der Waals surface area contributed by atoms with E-state index in [0.29, 0.717) is 18.4 Å². The van der Waals surface area contributed by atoms with Crippen LogP contribution >= 0.6 is 0 Å². The number of hydrogen-bond donors (Lipinski definition) is 1. The number of halogens is 1. The molecule has 34 heavy (non-hydrogen) atoms. The summed E-state index contributed by atoms with van der Waals surface area (Å²) in [6.07, 6.45) is 0.123. The summed E-state index contributed by atoms with van der Waals surface area (Å²) in [5.41, 5.74) is 0.585. The van der Waals surface area contributed by atoms with Crippen molar-refractivity contribution in [2.24, 2.45) is 4.99 Å². The highest BCUT2D eigenvalue weighted by molar-refractivity contribution is 7.90. The first-order chi connectivity index (χ1) is 16.3. The maximum atomic E-state index is 13.2. The number of nitrogens with one attached hydrogen (secondary N) is 1. The van der Waals surface area contributed by atoms with Gasteiger partial charge in [-0.1, -0.05) is 12.1 Å². The van der Waals surface area contributed by atoms with Gasteiger partial charge in [-0.3, -0.25) is 29.0 Å². The SMILES string of the molecule is O=C(CCN=C1NS(=O)(=O)c2ccccc21)OC1CCCCN(C(=O)c2ccc(F)cc2)C1=O. The third kappa shape index (κ3) is 4.98. The third-order valence-electron chi connectivity index (χ3n) is 5.50. The van der Waals surface area contributed by atoms with E-state index in [4.69, 9.17) is 4.74 Å². The molecule has 2 aromatic carbocycles. The smallest absolute Gasteiger partial charge is 0.308 e. The molecule has 0 saturated carbocycles. The number of carbonyl (C=O) groups is 3. The van der Waals surface area contributed by atoms with E-state index in [2.05, 4.69) is 9.71 Å². The second-order valence-corrected chi connectivity index (χ2v) is 9.51. The molecular formula is C23H22FN3O6S. The molecule has 2 aliphatic heterocycles. The molecule has 0 aromatic heterocycles. The lowest BCUT2D eigenvalue weighted by Gasteiger charge is -2.22. The molecule has 2 aliphatic rings. The number of ether oxygens (including phenoxy) is 1. The summed E-state index contributed by atoms with van der Waals surface area (Å²) in [5, 5.41) is 0. The summed E-state index contributed by atoms with van der Waals surface area (Å²) >= 11 is 0. The largest absolute Gasteiger partial charge is 0.452 e. The molecule has 2 amide bonds. The number of fused-ring (bicyclic) bond motifs is 1. The number of hydrogen-bond acceptors (Lipinski definition) is 7. The fraction of sp³-hybridized carbons (Fsp3) is 0.304. The van der Waals surface area contributed by atoms with E-state index >= 15 is 0 Å². The van der Waals surface area contributed by atoms with E-state index in [1.165, 1.54) is 18.2 Å². The van der Waals surface area contributed by atoms with Crippen LogP contribution in [0.1, 0.15) is 41.6 Å². The fourth-order valence-corrected chi connectivity index (χ4v) is 5.05. The number of aliphatic imine (C=N–C) groups is 1. The maximum Gasteiger partial charge on any atom is 0.308 e. The van der Waals surface area contributed by atoms with Gasteiger partial charge in [-0.05, 0) is 55.7 Å². The summed E-state index contributed by atoms with van der Waals surface area (Å²) in [6.45, 7) is 0.125. The van der Waals surface area contributed by atoms with Gasteiger partial charge < -0.3 is 4.74 Å². The van der Waals surface area contributed by atoms with Gasteiger partial charge >= 0.3 is 5.97 Å². The summed E-state index contributed by atoms with van der Waals surface area (Å²) in [6, 6.07) is 11.2. The molecule has 1 N–H and O–H groups in total. The van der Waals surface area contributed by atoms with Crippen LogP contribution in [0.15, 0.2) is 58.4 Å². The molecule has 0 bridgehead atoms. The maximum absolute atomic E-state index is 13.2. The Kier molecular flexibility index (Phi) is 6.73. The molecule has 2 aromatic rings. The van der Waals surface area contributed by atoms with Crippen molar-refractivity contribution in [3.05, 3.63) is 65.5 Å². The first kappa shape index (κ1) is 23.6. The second-order valence-electron chi connectivity index (χ2n) is 7.86. The minimum Gasteiger partial charge on any atom is -0.452 e. The number of amides is 2. The van der Waals surface area contributed by atoms with E-state index in [9.17, 15) is 27.2 Å². The van der Waals surface area contributed by atoms with E-state index in [0.717, 1.165) is 17.0 Å². The topological polar surface area (TPSA) is 122 Å². The fourth-order valence-electron chi connectivity index (χ4n) is 3.79.